The topological polar surface area (TPSA) is 64.6 Å². The first-order valence-electron chi connectivity index (χ1n) is 6.46. The van der Waals surface area contributed by atoms with Crippen molar-refractivity contribution in [3.63, 3.8) is 0 Å². The SMILES string of the molecule is CCCCOC(=O)NC(=Cc1ccccc1)C(=O)OC. The van der Waals surface area contributed by atoms with Crippen LogP contribution in [0, 0.1) is 0 Å². The van der Waals surface area contributed by atoms with Gasteiger partial charge in [0.05, 0.1) is 13.7 Å². The number of nitrogens with one attached hydrogen (secondary N) is 1. The Hall–Kier alpha value is -2.30. The van der Waals surface area contributed by atoms with Crippen molar-refractivity contribution in [3.8, 4) is 0 Å². The molecular formula is C15H19NO4. The van der Waals surface area contributed by atoms with Gasteiger partial charge in [0.2, 0.25) is 0 Å². The van der Waals surface area contributed by atoms with E-state index in [1.165, 1.54) is 13.2 Å². The van der Waals surface area contributed by atoms with Crippen molar-refractivity contribution in [3.05, 3.63) is 41.6 Å². The molecule has 20 heavy (non-hydrogen) atoms. The van der Waals surface area contributed by atoms with Crippen molar-refractivity contribution in [1.29, 1.82) is 0 Å². The molecule has 108 valence electrons. The Bertz CT molecular complexity index is 468. The minimum absolute atomic E-state index is 0.0419. The Balaban J connectivity index is 2.73. The standard InChI is InChI=1S/C15H19NO4/c1-3-4-10-20-15(18)16-13(14(17)19-2)11-12-8-6-5-7-9-12/h5-9,11H,3-4,10H2,1-2H3,(H,16,18). The molecular weight excluding hydrogens is 258 g/mol. The van der Waals surface area contributed by atoms with Crippen LogP contribution in [0.1, 0.15) is 25.3 Å². The fraction of sp³-hybridized carbons (Fsp3) is 0.333. The first kappa shape index (κ1) is 15.8. The maximum absolute atomic E-state index is 11.6. The fourth-order valence-electron chi connectivity index (χ4n) is 1.43. The lowest BCUT2D eigenvalue weighted by Gasteiger charge is -2.08. The zero-order chi connectivity index (χ0) is 14.8. The lowest BCUT2D eigenvalue weighted by atomic mass is 10.2. The van der Waals surface area contributed by atoms with E-state index in [-0.39, 0.29) is 5.70 Å². The van der Waals surface area contributed by atoms with Crippen molar-refractivity contribution in [2.24, 2.45) is 0 Å². The van der Waals surface area contributed by atoms with Crippen molar-refractivity contribution in [2.75, 3.05) is 13.7 Å². The Kier molecular flexibility index (Phi) is 6.89. The molecule has 0 atom stereocenters. The Morgan fingerprint density at radius 2 is 1.95 bits per heavy atom. The molecule has 0 aliphatic carbocycles. The average molecular weight is 277 g/mol. The van der Waals surface area contributed by atoms with Gasteiger partial charge < -0.3 is 9.47 Å². The Morgan fingerprint density at radius 1 is 1.25 bits per heavy atom. The highest BCUT2D eigenvalue weighted by molar-refractivity contribution is 5.96. The Morgan fingerprint density at radius 3 is 2.55 bits per heavy atom. The molecule has 5 nitrogen and oxygen atoms in total. The number of alkyl carbamates (subject to hydrolysis) is 1. The first-order chi connectivity index (χ1) is 9.67. The third kappa shape index (κ3) is 5.56. The first-order valence-corrected chi connectivity index (χ1v) is 6.46. The molecule has 0 unspecified atom stereocenters. The minimum atomic E-state index is -0.661. The Labute approximate surface area is 118 Å². The number of hydrogen-bond acceptors (Lipinski definition) is 4. The van der Waals surface area contributed by atoms with E-state index in [1.54, 1.807) is 0 Å². The van der Waals surface area contributed by atoms with E-state index < -0.39 is 12.1 Å². The molecule has 0 radical (unpaired) electrons. The predicted octanol–water partition coefficient (Wildman–Crippen LogP) is 2.73. The van der Waals surface area contributed by atoms with Crippen LogP contribution in [0.25, 0.3) is 6.08 Å². The highest BCUT2D eigenvalue weighted by Crippen LogP contribution is 2.06. The van der Waals surface area contributed by atoms with E-state index >= 15 is 0 Å². The molecule has 0 saturated carbocycles. The summed E-state index contributed by atoms with van der Waals surface area (Å²) in [5.74, 6) is -0.624. The normalized spacial score (nSPS) is 10.8. The van der Waals surface area contributed by atoms with Crippen LogP contribution >= 0.6 is 0 Å². The zero-order valence-electron chi connectivity index (χ0n) is 11.7. The summed E-state index contributed by atoms with van der Waals surface area (Å²) in [6.45, 7) is 2.32. The number of carbonyl (C=O) groups excluding carboxylic acids is 2. The molecule has 1 rings (SSSR count). The van der Waals surface area contributed by atoms with Crippen LogP contribution in [0.15, 0.2) is 36.0 Å². The van der Waals surface area contributed by atoms with Gasteiger partial charge in [-0.2, -0.15) is 0 Å². The molecule has 0 fully saturated rings. The number of carbonyl (C=O) groups is 2. The summed E-state index contributed by atoms with van der Waals surface area (Å²) in [4.78, 5) is 23.2. The third-order valence-corrected chi connectivity index (χ3v) is 2.48. The van der Waals surface area contributed by atoms with Crippen LogP contribution in [0.5, 0.6) is 0 Å². The highest BCUT2D eigenvalue weighted by Gasteiger charge is 2.14. The lowest BCUT2D eigenvalue weighted by Crippen LogP contribution is -2.28. The molecule has 0 heterocycles. The van der Waals surface area contributed by atoms with E-state index in [1.807, 2.05) is 37.3 Å². The van der Waals surface area contributed by atoms with Crippen LogP contribution in [-0.2, 0) is 14.3 Å². The summed E-state index contributed by atoms with van der Waals surface area (Å²) >= 11 is 0. The van der Waals surface area contributed by atoms with Gasteiger partial charge in [-0.25, -0.2) is 9.59 Å². The van der Waals surface area contributed by atoms with Gasteiger partial charge in [0.1, 0.15) is 5.70 Å². The number of esters is 1. The fourth-order valence-corrected chi connectivity index (χ4v) is 1.43. The van der Waals surface area contributed by atoms with Crippen molar-refractivity contribution in [2.45, 2.75) is 19.8 Å². The number of rotatable bonds is 6. The smallest absolute Gasteiger partial charge is 0.411 e. The summed E-state index contributed by atoms with van der Waals surface area (Å²) in [6, 6.07) is 9.16. The molecule has 1 amide bonds. The van der Waals surface area contributed by atoms with Crippen molar-refractivity contribution >= 4 is 18.1 Å². The molecule has 0 bridgehead atoms. The van der Waals surface area contributed by atoms with Gasteiger partial charge >= 0.3 is 12.1 Å². The quantitative estimate of drug-likeness (QED) is 0.493. The van der Waals surface area contributed by atoms with Crippen LogP contribution in [-0.4, -0.2) is 25.8 Å². The summed E-state index contributed by atoms with van der Waals surface area (Å²) < 4.78 is 9.58. The van der Waals surface area contributed by atoms with Gasteiger partial charge in [-0.1, -0.05) is 43.7 Å². The molecule has 0 spiro atoms. The van der Waals surface area contributed by atoms with Gasteiger partial charge in [-0.05, 0) is 18.1 Å². The van der Waals surface area contributed by atoms with Gasteiger partial charge in [-0.3, -0.25) is 5.32 Å². The molecule has 0 aliphatic rings. The number of unbranched alkanes of at least 4 members (excludes halogenated alkanes) is 1. The maximum Gasteiger partial charge on any atom is 0.411 e. The van der Waals surface area contributed by atoms with E-state index in [9.17, 15) is 9.59 Å². The summed E-state index contributed by atoms with van der Waals surface area (Å²) in [5.41, 5.74) is 0.821. The summed E-state index contributed by atoms with van der Waals surface area (Å²) in [6.07, 6.45) is 2.58. The number of ether oxygens (including phenoxy) is 2. The van der Waals surface area contributed by atoms with Gasteiger partial charge in [-0.15, -0.1) is 0 Å². The van der Waals surface area contributed by atoms with Crippen LogP contribution in [0.2, 0.25) is 0 Å². The minimum Gasteiger partial charge on any atom is -0.464 e. The number of benzene rings is 1. The zero-order valence-corrected chi connectivity index (χ0v) is 11.7. The molecule has 1 aromatic rings. The third-order valence-electron chi connectivity index (χ3n) is 2.48. The maximum atomic E-state index is 11.6. The van der Waals surface area contributed by atoms with Crippen LogP contribution in [0.3, 0.4) is 0 Å². The van der Waals surface area contributed by atoms with Crippen molar-refractivity contribution < 1.29 is 19.1 Å². The predicted molar refractivity (Wildman–Crippen MR) is 75.8 cm³/mol. The summed E-state index contributed by atoms with van der Waals surface area (Å²) in [7, 11) is 1.26. The largest absolute Gasteiger partial charge is 0.464 e. The van der Waals surface area contributed by atoms with E-state index in [4.69, 9.17) is 4.74 Å². The van der Waals surface area contributed by atoms with Gasteiger partial charge in [0, 0.05) is 0 Å². The second-order valence-corrected chi connectivity index (χ2v) is 4.07. The lowest BCUT2D eigenvalue weighted by molar-refractivity contribution is -0.136. The number of hydrogen-bond donors (Lipinski definition) is 1. The molecule has 0 aromatic heterocycles. The molecule has 0 saturated heterocycles. The van der Waals surface area contributed by atoms with Gasteiger partial charge in [0.15, 0.2) is 0 Å². The molecule has 1 aromatic carbocycles. The number of methoxy groups -OCH3 is 1. The van der Waals surface area contributed by atoms with Gasteiger partial charge in [0.25, 0.3) is 0 Å². The van der Waals surface area contributed by atoms with E-state index in [0.717, 1.165) is 18.4 Å². The molecule has 0 aliphatic heterocycles. The highest BCUT2D eigenvalue weighted by atomic mass is 16.6. The van der Waals surface area contributed by atoms with E-state index in [2.05, 4.69) is 10.1 Å². The van der Waals surface area contributed by atoms with E-state index in [0.29, 0.717) is 6.61 Å². The molecule has 5 heteroatoms. The monoisotopic (exact) mass is 277 g/mol. The summed E-state index contributed by atoms with van der Waals surface area (Å²) in [5, 5.41) is 2.40. The second kappa shape index (κ2) is 8.74. The van der Waals surface area contributed by atoms with Crippen LogP contribution in [0.4, 0.5) is 4.79 Å². The second-order valence-electron chi connectivity index (χ2n) is 4.07. The van der Waals surface area contributed by atoms with Crippen LogP contribution < -0.4 is 5.32 Å². The number of amides is 1. The average Bonchev–Trinajstić information content (AvgIpc) is 2.47. The molecule has 1 N–H and O–H groups in total. The van der Waals surface area contributed by atoms with Crippen molar-refractivity contribution in [1.82, 2.24) is 5.32 Å².